The zero-order chi connectivity index (χ0) is 20.7. The fourth-order valence-corrected chi connectivity index (χ4v) is 4.74. The third-order valence-corrected chi connectivity index (χ3v) is 6.32. The van der Waals surface area contributed by atoms with Gasteiger partial charge >= 0.3 is 0 Å². The number of halogens is 2. The fourth-order valence-electron chi connectivity index (χ4n) is 3.96. The highest BCUT2D eigenvalue weighted by atomic mass is 79.9. The van der Waals surface area contributed by atoms with Crippen molar-refractivity contribution in [1.29, 1.82) is 0 Å². The van der Waals surface area contributed by atoms with Gasteiger partial charge in [-0.2, -0.15) is 5.10 Å². The van der Waals surface area contributed by atoms with Crippen LogP contribution in [-0.2, 0) is 0 Å². The van der Waals surface area contributed by atoms with Gasteiger partial charge in [0.2, 0.25) is 0 Å². The molecule has 1 aromatic heterocycles. The van der Waals surface area contributed by atoms with Crippen LogP contribution in [0.25, 0.3) is 22.0 Å². The third-order valence-electron chi connectivity index (χ3n) is 5.33. The van der Waals surface area contributed by atoms with Crippen LogP contribution >= 0.6 is 31.9 Å². The van der Waals surface area contributed by atoms with Crippen LogP contribution in [0.1, 0.15) is 23.6 Å². The number of aromatic nitrogens is 1. The number of hydrazone groups is 1. The van der Waals surface area contributed by atoms with Crippen molar-refractivity contribution < 1.29 is 0 Å². The van der Waals surface area contributed by atoms with Crippen LogP contribution in [0.4, 0.5) is 0 Å². The molecule has 0 fully saturated rings. The van der Waals surface area contributed by atoms with E-state index in [1.807, 2.05) is 60.7 Å². The molecule has 1 aliphatic rings. The van der Waals surface area contributed by atoms with Gasteiger partial charge in [0.15, 0.2) is 0 Å². The smallest absolute Gasteiger partial charge is 0.258 e. The van der Waals surface area contributed by atoms with E-state index in [1.165, 1.54) is 0 Å². The lowest BCUT2D eigenvalue weighted by atomic mass is 9.91. The zero-order valence-corrected chi connectivity index (χ0v) is 19.0. The maximum Gasteiger partial charge on any atom is 0.258 e. The number of pyridine rings is 1. The number of rotatable bonds is 3. The first-order valence-corrected chi connectivity index (χ1v) is 11.2. The second-order valence-electron chi connectivity index (χ2n) is 7.26. The summed E-state index contributed by atoms with van der Waals surface area (Å²) in [5.41, 5.74) is 8.32. The maximum atomic E-state index is 13.2. The van der Waals surface area contributed by atoms with E-state index in [0.29, 0.717) is 12.0 Å². The lowest BCUT2D eigenvalue weighted by Gasteiger charge is -2.14. The molecule has 3 aromatic carbocycles. The van der Waals surface area contributed by atoms with Gasteiger partial charge in [-0.25, -0.2) is 0 Å². The molecule has 0 amide bonds. The quantitative estimate of drug-likeness (QED) is 0.338. The summed E-state index contributed by atoms with van der Waals surface area (Å²) in [7, 11) is 0. The van der Waals surface area contributed by atoms with Gasteiger partial charge in [-0.05, 0) is 41.5 Å². The summed E-state index contributed by atoms with van der Waals surface area (Å²) in [6.07, 6.45) is 0.638. The molecule has 148 valence electrons. The Labute approximate surface area is 190 Å². The fraction of sp³-hybridized carbons (Fsp3) is 0.0833. The molecule has 6 heteroatoms. The van der Waals surface area contributed by atoms with Crippen molar-refractivity contribution in [3.8, 4) is 11.1 Å². The molecule has 30 heavy (non-hydrogen) atoms. The summed E-state index contributed by atoms with van der Waals surface area (Å²) in [5.74, 6) is 0. The van der Waals surface area contributed by atoms with Crippen molar-refractivity contribution in [2.75, 3.05) is 0 Å². The van der Waals surface area contributed by atoms with Gasteiger partial charge in [0.25, 0.3) is 5.56 Å². The van der Waals surface area contributed by atoms with Crippen molar-refractivity contribution in [2.45, 2.75) is 12.5 Å². The Morgan fingerprint density at radius 2 is 1.67 bits per heavy atom. The molecule has 0 unspecified atom stereocenters. The molecule has 1 atom stereocenters. The van der Waals surface area contributed by atoms with E-state index in [4.69, 9.17) is 0 Å². The van der Waals surface area contributed by atoms with E-state index in [1.54, 1.807) is 0 Å². The molecule has 4 nitrogen and oxygen atoms in total. The second kappa shape index (κ2) is 7.85. The average molecular weight is 523 g/mol. The van der Waals surface area contributed by atoms with E-state index in [2.05, 4.69) is 59.5 Å². The Kier molecular flexibility index (Phi) is 5.05. The highest BCUT2D eigenvalue weighted by Crippen LogP contribution is 2.34. The van der Waals surface area contributed by atoms with Crippen molar-refractivity contribution >= 4 is 48.5 Å². The topological polar surface area (TPSA) is 57.2 Å². The molecule has 0 radical (unpaired) electrons. The number of benzene rings is 3. The predicted molar refractivity (Wildman–Crippen MR) is 129 cm³/mol. The molecule has 0 saturated carbocycles. The molecule has 4 aromatic rings. The van der Waals surface area contributed by atoms with Crippen LogP contribution < -0.4 is 11.0 Å². The van der Waals surface area contributed by atoms with Crippen LogP contribution in [0.2, 0.25) is 0 Å². The second-order valence-corrected chi connectivity index (χ2v) is 9.09. The van der Waals surface area contributed by atoms with Crippen LogP contribution in [0.5, 0.6) is 0 Å². The third kappa shape index (κ3) is 3.50. The predicted octanol–water partition coefficient (Wildman–Crippen LogP) is 6.16. The summed E-state index contributed by atoms with van der Waals surface area (Å²) >= 11 is 7.11. The average Bonchev–Trinajstić information content (AvgIpc) is 3.23. The summed E-state index contributed by atoms with van der Waals surface area (Å²) in [6.45, 7) is 0. The minimum atomic E-state index is -0.126. The van der Waals surface area contributed by atoms with E-state index < -0.39 is 0 Å². The SMILES string of the molecule is O=c1[nH]c2ccc(Br)cc2c(-c2ccccc2)c1C1=NN[C@H](c2cccc(Br)c2)C1. The van der Waals surface area contributed by atoms with Crippen LogP contribution in [0.15, 0.2) is 91.6 Å². The minimum Gasteiger partial charge on any atom is -0.321 e. The van der Waals surface area contributed by atoms with Crippen molar-refractivity contribution in [2.24, 2.45) is 5.10 Å². The first-order valence-electron chi connectivity index (χ1n) is 9.59. The number of fused-ring (bicyclic) bond motifs is 1. The van der Waals surface area contributed by atoms with E-state index in [0.717, 1.165) is 42.3 Å². The Bertz CT molecular complexity index is 1350. The van der Waals surface area contributed by atoms with Crippen molar-refractivity contribution in [1.82, 2.24) is 10.4 Å². The van der Waals surface area contributed by atoms with Crippen LogP contribution in [-0.4, -0.2) is 10.7 Å². The first kappa shape index (κ1) is 19.3. The zero-order valence-electron chi connectivity index (χ0n) is 15.8. The summed E-state index contributed by atoms with van der Waals surface area (Å²) < 4.78 is 1.98. The van der Waals surface area contributed by atoms with Gasteiger partial charge in [0.05, 0.1) is 17.3 Å². The van der Waals surface area contributed by atoms with E-state index >= 15 is 0 Å². The van der Waals surface area contributed by atoms with Crippen LogP contribution in [0.3, 0.4) is 0 Å². The molecular formula is C24H17Br2N3O. The first-order chi connectivity index (χ1) is 14.6. The number of nitrogens with one attached hydrogen (secondary N) is 2. The number of aromatic amines is 1. The number of nitrogens with zero attached hydrogens (tertiary/aromatic N) is 1. The summed E-state index contributed by atoms with van der Waals surface area (Å²) in [4.78, 5) is 16.3. The van der Waals surface area contributed by atoms with Crippen molar-refractivity contribution in [3.05, 3.63) is 103 Å². The highest BCUT2D eigenvalue weighted by molar-refractivity contribution is 9.10. The molecule has 2 N–H and O–H groups in total. The Morgan fingerprint density at radius 1 is 0.867 bits per heavy atom. The van der Waals surface area contributed by atoms with Gasteiger partial charge in [0.1, 0.15) is 0 Å². The van der Waals surface area contributed by atoms with Gasteiger partial charge in [-0.15, -0.1) is 0 Å². The minimum absolute atomic E-state index is 0.0266. The van der Waals surface area contributed by atoms with Gasteiger partial charge < -0.3 is 10.4 Å². The van der Waals surface area contributed by atoms with Crippen LogP contribution in [0, 0.1) is 0 Å². The number of H-pyrrole nitrogens is 1. The Morgan fingerprint density at radius 3 is 2.47 bits per heavy atom. The molecule has 1 aliphatic heterocycles. The van der Waals surface area contributed by atoms with Gasteiger partial charge in [-0.3, -0.25) is 4.79 Å². The normalized spacial score (nSPS) is 15.8. The van der Waals surface area contributed by atoms with Crippen molar-refractivity contribution in [3.63, 3.8) is 0 Å². The van der Waals surface area contributed by atoms with E-state index in [9.17, 15) is 4.79 Å². The van der Waals surface area contributed by atoms with Gasteiger partial charge in [0, 0.05) is 31.8 Å². The molecule has 2 heterocycles. The summed E-state index contributed by atoms with van der Waals surface area (Å²) in [5, 5.41) is 5.57. The molecule has 0 aliphatic carbocycles. The molecule has 0 saturated heterocycles. The Balaban J connectivity index is 1.68. The van der Waals surface area contributed by atoms with E-state index in [-0.39, 0.29) is 11.6 Å². The maximum absolute atomic E-state index is 13.2. The highest BCUT2D eigenvalue weighted by Gasteiger charge is 2.27. The molecule has 5 rings (SSSR count). The lowest BCUT2D eigenvalue weighted by molar-refractivity contribution is 0.620. The standard InChI is InChI=1S/C24H17Br2N3O/c25-16-8-4-7-15(11-16)20-13-21(29-28-20)23-22(14-5-2-1-3-6-14)18-12-17(26)9-10-19(18)27-24(23)30/h1-12,20,28H,13H2,(H,27,30)/t20-/m0/s1. The monoisotopic (exact) mass is 521 g/mol. The number of hydrogen-bond acceptors (Lipinski definition) is 3. The number of hydrogen-bond donors (Lipinski definition) is 2. The lowest BCUT2D eigenvalue weighted by Crippen LogP contribution is -2.20. The molecule has 0 spiro atoms. The summed E-state index contributed by atoms with van der Waals surface area (Å²) in [6, 6.07) is 24.1. The van der Waals surface area contributed by atoms with Gasteiger partial charge in [-0.1, -0.05) is 74.3 Å². The molecular weight excluding hydrogens is 506 g/mol. The molecule has 0 bridgehead atoms. The largest absolute Gasteiger partial charge is 0.321 e. The Hall–Kier alpha value is -2.70.